The van der Waals surface area contributed by atoms with Gasteiger partial charge in [-0.05, 0) is 50.6 Å². The maximum Gasteiger partial charge on any atom is 0.398 e. The summed E-state index contributed by atoms with van der Waals surface area (Å²) in [5.74, 6) is -0.894. The number of aromatic amines is 1. The number of fused-ring (bicyclic) bond motifs is 1. The van der Waals surface area contributed by atoms with Gasteiger partial charge in [-0.3, -0.25) is 4.98 Å². The first kappa shape index (κ1) is 23.0. The van der Waals surface area contributed by atoms with Gasteiger partial charge in [0.25, 0.3) is 0 Å². The van der Waals surface area contributed by atoms with Crippen molar-refractivity contribution in [2.45, 2.75) is 44.0 Å². The predicted octanol–water partition coefficient (Wildman–Crippen LogP) is 4.46. The number of H-pyrrole nitrogens is 1. The Labute approximate surface area is 177 Å². The maximum absolute atomic E-state index is 14.2. The second kappa shape index (κ2) is 8.47. The van der Waals surface area contributed by atoms with Crippen LogP contribution in [-0.4, -0.2) is 40.5 Å². The lowest BCUT2D eigenvalue weighted by molar-refractivity contribution is -0.200. The number of alkyl halides is 3. The first-order chi connectivity index (χ1) is 14.4. The Morgan fingerprint density at radius 2 is 1.90 bits per heavy atom. The van der Waals surface area contributed by atoms with Gasteiger partial charge in [0.2, 0.25) is 0 Å². The van der Waals surface area contributed by atoms with Gasteiger partial charge in [0.1, 0.15) is 11.6 Å². The standard InChI is InChI=1S/C22H25F4N3O2/c1-20(30,13-28-11-16-8-14-10-27-7-6-18(14)29-16)12-21(2,22(24,25)26)17-9-15(23)4-5-19(17)31-3/h4-10,28-30H,11-13H2,1-3H3. The molecule has 0 saturated carbocycles. The van der Waals surface area contributed by atoms with Crippen molar-refractivity contribution >= 4 is 10.9 Å². The average Bonchev–Trinajstić information content (AvgIpc) is 3.09. The highest BCUT2D eigenvalue weighted by atomic mass is 19.4. The summed E-state index contributed by atoms with van der Waals surface area (Å²) in [6.45, 7) is 2.48. The summed E-state index contributed by atoms with van der Waals surface area (Å²) in [4.78, 5) is 7.21. The van der Waals surface area contributed by atoms with Crippen LogP contribution in [-0.2, 0) is 12.0 Å². The smallest absolute Gasteiger partial charge is 0.398 e. The van der Waals surface area contributed by atoms with Crippen molar-refractivity contribution in [1.29, 1.82) is 0 Å². The van der Waals surface area contributed by atoms with Crippen LogP contribution >= 0.6 is 0 Å². The zero-order valence-electron chi connectivity index (χ0n) is 17.5. The van der Waals surface area contributed by atoms with Crippen molar-refractivity contribution in [3.05, 3.63) is 59.8 Å². The van der Waals surface area contributed by atoms with Crippen molar-refractivity contribution in [1.82, 2.24) is 15.3 Å². The Balaban J connectivity index is 1.77. The van der Waals surface area contributed by atoms with Crippen molar-refractivity contribution in [2.24, 2.45) is 0 Å². The van der Waals surface area contributed by atoms with Crippen LogP contribution in [0.15, 0.2) is 42.7 Å². The lowest BCUT2D eigenvalue weighted by atomic mass is 9.73. The van der Waals surface area contributed by atoms with Crippen LogP contribution in [0.2, 0.25) is 0 Å². The van der Waals surface area contributed by atoms with Crippen LogP contribution in [0.4, 0.5) is 17.6 Å². The summed E-state index contributed by atoms with van der Waals surface area (Å²) in [6.07, 6.45) is -2.08. The van der Waals surface area contributed by atoms with Crippen LogP contribution < -0.4 is 10.1 Å². The van der Waals surface area contributed by atoms with Gasteiger partial charge in [0.05, 0.1) is 18.1 Å². The molecule has 3 aromatic rings. The molecule has 0 radical (unpaired) electrons. The molecule has 0 aliphatic heterocycles. The van der Waals surface area contributed by atoms with Gasteiger partial charge in [-0.15, -0.1) is 0 Å². The van der Waals surface area contributed by atoms with Gasteiger partial charge in [0, 0.05) is 47.6 Å². The number of aromatic nitrogens is 2. The topological polar surface area (TPSA) is 70.2 Å². The van der Waals surface area contributed by atoms with E-state index in [-0.39, 0.29) is 17.9 Å². The van der Waals surface area contributed by atoms with E-state index >= 15 is 0 Å². The molecule has 0 spiro atoms. The third-order valence-corrected chi connectivity index (χ3v) is 5.41. The van der Waals surface area contributed by atoms with E-state index in [1.165, 1.54) is 14.0 Å². The zero-order valence-corrected chi connectivity index (χ0v) is 17.5. The highest BCUT2D eigenvalue weighted by Crippen LogP contribution is 2.49. The molecule has 2 aromatic heterocycles. The van der Waals surface area contributed by atoms with E-state index in [2.05, 4.69) is 15.3 Å². The van der Waals surface area contributed by atoms with Crippen LogP contribution in [0.25, 0.3) is 10.9 Å². The largest absolute Gasteiger partial charge is 0.496 e. The Kier molecular flexibility index (Phi) is 6.29. The molecule has 9 heteroatoms. The molecule has 0 bridgehead atoms. The van der Waals surface area contributed by atoms with Gasteiger partial charge < -0.3 is 20.1 Å². The lowest BCUT2D eigenvalue weighted by Gasteiger charge is -2.39. The molecule has 0 aliphatic carbocycles. The summed E-state index contributed by atoms with van der Waals surface area (Å²) < 4.78 is 61.3. The molecule has 0 aliphatic rings. The third-order valence-electron chi connectivity index (χ3n) is 5.41. The third kappa shape index (κ3) is 4.99. The van der Waals surface area contributed by atoms with Crippen molar-refractivity contribution in [2.75, 3.05) is 13.7 Å². The number of hydrogen-bond donors (Lipinski definition) is 3. The number of ether oxygens (including phenoxy) is 1. The fourth-order valence-electron chi connectivity index (χ4n) is 3.88. The summed E-state index contributed by atoms with van der Waals surface area (Å²) in [5.41, 5.74) is -2.93. The summed E-state index contributed by atoms with van der Waals surface area (Å²) >= 11 is 0. The normalized spacial score (nSPS) is 16.1. The van der Waals surface area contributed by atoms with Gasteiger partial charge in [-0.25, -0.2) is 4.39 Å². The molecule has 3 N–H and O–H groups in total. The number of methoxy groups -OCH3 is 1. The second-order valence-electron chi connectivity index (χ2n) is 8.21. The molecule has 0 saturated heterocycles. The molecule has 2 atom stereocenters. The van der Waals surface area contributed by atoms with E-state index in [0.717, 1.165) is 41.7 Å². The Morgan fingerprint density at radius 3 is 2.55 bits per heavy atom. The molecule has 168 valence electrons. The number of nitrogens with one attached hydrogen (secondary N) is 2. The Hall–Kier alpha value is -2.65. The number of nitrogens with zero attached hydrogens (tertiary/aromatic N) is 1. The lowest BCUT2D eigenvalue weighted by Crippen LogP contribution is -2.49. The quantitative estimate of drug-likeness (QED) is 0.453. The van der Waals surface area contributed by atoms with E-state index in [1.807, 2.05) is 12.1 Å². The molecule has 2 heterocycles. The Bertz CT molecular complexity index is 1020. The fourth-order valence-corrected chi connectivity index (χ4v) is 3.88. The SMILES string of the molecule is COc1ccc(F)cc1C(C)(CC(C)(O)CNCc1cc2cnccc2[nH]1)C(F)(F)F. The summed E-state index contributed by atoms with van der Waals surface area (Å²) in [5, 5.41) is 14.7. The monoisotopic (exact) mass is 439 g/mol. The number of halogens is 4. The highest BCUT2D eigenvalue weighted by Gasteiger charge is 2.56. The molecular weight excluding hydrogens is 414 g/mol. The van der Waals surface area contributed by atoms with Crippen molar-refractivity contribution in [3.63, 3.8) is 0 Å². The first-order valence-corrected chi connectivity index (χ1v) is 9.71. The van der Waals surface area contributed by atoms with E-state index in [0.29, 0.717) is 6.54 Å². The molecule has 0 fully saturated rings. The van der Waals surface area contributed by atoms with Gasteiger partial charge in [-0.2, -0.15) is 13.2 Å². The average molecular weight is 439 g/mol. The van der Waals surface area contributed by atoms with Crippen LogP contribution in [0.3, 0.4) is 0 Å². The number of hydrogen-bond acceptors (Lipinski definition) is 4. The minimum absolute atomic E-state index is 0.0864. The summed E-state index contributed by atoms with van der Waals surface area (Å²) in [7, 11) is 1.23. The highest BCUT2D eigenvalue weighted by molar-refractivity contribution is 5.79. The van der Waals surface area contributed by atoms with Gasteiger partial charge >= 0.3 is 6.18 Å². The number of aliphatic hydroxyl groups is 1. The molecule has 0 amide bonds. The van der Waals surface area contributed by atoms with Gasteiger partial charge in [-0.1, -0.05) is 0 Å². The molecule has 2 unspecified atom stereocenters. The molecule has 1 aromatic carbocycles. The van der Waals surface area contributed by atoms with E-state index < -0.39 is 29.4 Å². The summed E-state index contributed by atoms with van der Waals surface area (Å²) in [6, 6.07) is 6.70. The Morgan fingerprint density at radius 1 is 1.16 bits per heavy atom. The van der Waals surface area contributed by atoms with Gasteiger partial charge in [0.15, 0.2) is 0 Å². The second-order valence-corrected chi connectivity index (χ2v) is 8.21. The first-order valence-electron chi connectivity index (χ1n) is 9.71. The number of rotatable bonds is 8. The molecule has 3 rings (SSSR count). The zero-order chi connectivity index (χ0) is 22.9. The van der Waals surface area contributed by atoms with E-state index in [4.69, 9.17) is 4.74 Å². The van der Waals surface area contributed by atoms with Crippen molar-refractivity contribution < 1.29 is 27.4 Å². The van der Waals surface area contributed by atoms with Crippen LogP contribution in [0.1, 0.15) is 31.5 Å². The van der Waals surface area contributed by atoms with E-state index in [9.17, 15) is 22.7 Å². The fraction of sp³-hybridized carbons (Fsp3) is 0.409. The van der Waals surface area contributed by atoms with E-state index in [1.54, 1.807) is 12.4 Å². The molecular formula is C22H25F4N3O2. The van der Waals surface area contributed by atoms with Crippen LogP contribution in [0, 0.1) is 5.82 Å². The minimum atomic E-state index is -4.75. The maximum atomic E-state index is 14.2. The minimum Gasteiger partial charge on any atom is -0.496 e. The number of benzene rings is 1. The van der Waals surface area contributed by atoms with Crippen LogP contribution in [0.5, 0.6) is 5.75 Å². The van der Waals surface area contributed by atoms with Crippen molar-refractivity contribution in [3.8, 4) is 5.75 Å². The number of pyridine rings is 1. The molecule has 31 heavy (non-hydrogen) atoms. The predicted molar refractivity (Wildman–Crippen MR) is 109 cm³/mol. The molecule has 5 nitrogen and oxygen atoms in total.